The van der Waals surface area contributed by atoms with E-state index >= 15 is 0 Å². The number of carbonyl (C=O) groups excluding carboxylic acids is 2. The highest BCUT2D eigenvalue weighted by Gasteiger charge is 2.61. The summed E-state index contributed by atoms with van der Waals surface area (Å²) >= 11 is 0. The molecule has 0 aliphatic carbocycles. The van der Waals surface area contributed by atoms with Crippen LogP contribution in [0.15, 0.2) is 121 Å². The third-order valence-electron chi connectivity index (χ3n) is 5.81. The highest BCUT2D eigenvalue weighted by molar-refractivity contribution is 5.71. The Kier molecular flexibility index (Phi) is 6.60. The lowest BCUT2D eigenvalue weighted by Crippen LogP contribution is -2.56. The molecule has 0 bridgehead atoms. The van der Waals surface area contributed by atoms with Gasteiger partial charge in [-0.25, -0.2) is 0 Å². The molecule has 0 aliphatic heterocycles. The number of hydrogen-bond donors (Lipinski definition) is 0. The van der Waals surface area contributed by atoms with E-state index in [1.807, 2.05) is 121 Å². The highest BCUT2D eigenvalue weighted by atomic mass is 16.6. The van der Waals surface area contributed by atoms with Crippen LogP contribution in [0.1, 0.15) is 36.1 Å². The normalized spacial score (nSPS) is 11.5. The Morgan fingerprint density at radius 3 is 0.824 bits per heavy atom. The van der Waals surface area contributed by atoms with Gasteiger partial charge in [-0.15, -0.1) is 0 Å². The van der Waals surface area contributed by atoms with Crippen molar-refractivity contribution in [1.29, 1.82) is 0 Å². The summed E-state index contributed by atoms with van der Waals surface area (Å²) in [6.45, 7) is 2.74. The largest absolute Gasteiger partial charge is 0.444 e. The van der Waals surface area contributed by atoms with Gasteiger partial charge in [-0.05, 0) is 0 Å². The number of benzene rings is 4. The summed E-state index contributed by atoms with van der Waals surface area (Å²) in [5.41, 5.74) is -0.378. The van der Waals surface area contributed by atoms with Crippen molar-refractivity contribution in [2.45, 2.75) is 25.0 Å². The van der Waals surface area contributed by atoms with E-state index in [4.69, 9.17) is 9.47 Å². The molecule has 0 spiro atoms. The van der Waals surface area contributed by atoms with Crippen LogP contribution in [0.25, 0.3) is 0 Å². The minimum atomic E-state index is -1.53. The molecule has 0 saturated heterocycles. The maximum Gasteiger partial charge on any atom is 0.304 e. The first kappa shape index (κ1) is 23.0. The molecular formula is C30H26O4. The van der Waals surface area contributed by atoms with Gasteiger partial charge in [0.1, 0.15) is 0 Å². The molecule has 0 heterocycles. The molecule has 4 heteroatoms. The van der Waals surface area contributed by atoms with E-state index in [-0.39, 0.29) is 0 Å². The minimum Gasteiger partial charge on any atom is -0.444 e. The van der Waals surface area contributed by atoms with Crippen LogP contribution in [0.5, 0.6) is 0 Å². The highest BCUT2D eigenvalue weighted by Crippen LogP contribution is 2.54. The van der Waals surface area contributed by atoms with Gasteiger partial charge in [0, 0.05) is 36.1 Å². The second kappa shape index (κ2) is 9.75. The zero-order chi connectivity index (χ0) is 24.0. The fraction of sp³-hybridized carbons (Fsp3) is 0.133. The summed E-state index contributed by atoms with van der Waals surface area (Å²) in [6.07, 6.45) is 0. The maximum absolute atomic E-state index is 12.8. The van der Waals surface area contributed by atoms with Gasteiger partial charge in [0.15, 0.2) is 0 Å². The smallest absolute Gasteiger partial charge is 0.304 e. The Labute approximate surface area is 199 Å². The summed E-state index contributed by atoms with van der Waals surface area (Å²) in [4.78, 5) is 25.7. The molecule has 0 aromatic heterocycles. The van der Waals surface area contributed by atoms with Crippen molar-refractivity contribution in [3.05, 3.63) is 144 Å². The van der Waals surface area contributed by atoms with Gasteiger partial charge in [0.2, 0.25) is 11.2 Å². The first-order valence-electron chi connectivity index (χ1n) is 11.1. The molecule has 0 aliphatic rings. The minimum absolute atomic E-state index is 0.504. The molecule has 0 fully saturated rings. The van der Waals surface area contributed by atoms with Gasteiger partial charge in [0.25, 0.3) is 0 Å². The van der Waals surface area contributed by atoms with Gasteiger partial charge < -0.3 is 9.47 Å². The van der Waals surface area contributed by atoms with Gasteiger partial charge in [-0.2, -0.15) is 0 Å². The standard InChI is InChI=1S/C30H26O4/c1-23(31)33-29(25-15-7-3-8-16-25,26-17-9-4-10-18-26)30(34-24(2)32,27-19-11-5-12-20-27)28-21-13-6-14-22-28/h3-22H,1-2H3. The van der Waals surface area contributed by atoms with Gasteiger partial charge in [-0.3, -0.25) is 9.59 Å². The molecule has 0 saturated carbocycles. The van der Waals surface area contributed by atoms with Crippen molar-refractivity contribution in [3.8, 4) is 0 Å². The van der Waals surface area contributed by atoms with E-state index in [9.17, 15) is 9.59 Å². The van der Waals surface area contributed by atoms with Crippen molar-refractivity contribution in [1.82, 2.24) is 0 Å². The first-order chi connectivity index (χ1) is 16.5. The molecule has 4 aromatic rings. The average molecular weight is 451 g/mol. The molecule has 0 N–H and O–H groups in total. The first-order valence-corrected chi connectivity index (χ1v) is 11.1. The van der Waals surface area contributed by atoms with E-state index in [0.717, 1.165) is 0 Å². The molecule has 4 rings (SSSR count). The third kappa shape index (κ3) is 3.99. The van der Waals surface area contributed by atoms with E-state index in [1.54, 1.807) is 0 Å². The number of rotatable bonds is 7. The third-order valence-corrected chi connectivity index (χ3v) is 5.81. The fourth-order valence-electron chi connectivity index (χ4n) is 4.65. The lowest BCUT2D eigenvalue weighted by atomic mass is 9.65. The molecule has 0 unspecified atom stereocenters. The Balaban J connectivity index is 2.26. The molecule has 0 atom stereocenters. The SMILES string of the molecule is CC(=O)OC(c1ccccc1)(c1ccccc1)C(OC(C)=O)(c1ccccc1)c1ccccc1. The summed E-state index contributed by atoms with van der Waals surface area (Å²) in [5.74, 6) is -1.01. The maximum atomic E-state index is 12.8. The predicted octanol–water partition coefficient (Wildman–Crippen LogP) is 6.00. The molecule has 170 valence electrons. The molecule has 4 nitrogen and oxygen atoms in total. The van der Waals surface area contributed by atoms with E-state index < -0.39 is 23.1 Å². The van der Waals surface area contributed by atoms with Crippen LogP contribution in [-0.4, -0.2) is 11.9 Å². The lowest BCUT2D eigenvalue weighted by molar-refractivity contribution is -0.199. The van der Waals surface area contributed by atoms with Crippen LogP contribution < -0.4 is 0 Å². The number of esters is 2. The lowest BCUT2D eigenvalue weighted by Gasteiger charge is -2.49. The summed E-state index contributed by atoms with van der Waals surface area (Å²) in [5, 5.41) is 0. The average Bonchev–Trinajstić information content (AvgIpc) is 2.88. The summed E-state index contributed by atoms with van der Waals surface area (Å²) < 4.78 is 12.7. The Morgan fingerprint density at radius 2 is 0.647 bits per heavy atom. The summed E-state index contributed by atoms with van der Waals surface area (Å²) in [7, 11) is 0. The van der Waals surface area contributed by atoms with Crippen LogP contribution >= 0.6 is 0 Å². The van der Waals surface area contributed by atoms with Crippen molar-refractivity contribution in [2.75, 3.05) is 0 Å². The quantitative estimate of drug-likeness (QED) is 0.324. The van der Waals surface area contributed by atoms with Crippen molar-refractivity contribution >= 4 is 11.9 Å². The Bertz CT molecular complexity index is 1060. The van der Waals surface area contributed by atoms with Crippen molar-refractivity contribution in [2.24, 2.45) is 0 Å². The number of hydrogen-bond acceptors (Lipinski definition) is 4. The van der Waals surface area contributed by atoms with Crippen LogP contribution in [0.2, 0.25) is 0 Å². The van der Waals surface area contributed by atoms with Crippen LogP contribution in [0.4, 0.5) is 0 Å². The second-order valence-electron chi connectivity index (χ2n) is 8.01. The fourth-order valence-corrected chi connectivity index (χ4v) is 4.65. The van der Waals surface area contributed by atoms with Crippen molar-refractivity contribution in [3.63, 3.8) is 0 Å². The van der Waals surface area contributed by atoms with Crippen molar-refractivity contribution < 1.29 is 19.1 Å². The van der Waals surface area contributed by atoms with Crippen LogP contribution in [0, 0.1) is 0 Å². The van der Waals surface area contributed by atoms with E-state index in [2.05, 4.69) is 0 Å². The van der Waals surface area contributed by atoms with Crippen LogP contribution in [-0.2, 0) is 30.3 Å². The zero-order valence-electron chi connectivity index (χ0n) is 19.2. The predicted molar refractivity (Wildman–Crippen MR) is 131 cm³/mol. The monoisotopic (exact) mass is 450 g/mol. The second-order valence-corrected chi connectivity index (χ2v) is 8.01. The Hall–Kier alpha value is -4.18. The topological polar surface area (TPSA) is 52.6 Å². The number of ether oxygens (including phenoxy) is 2. The van der Waals surface area contributed by atoms with Crippen LogP contribution in [0.3, 0.4) is 0 Å². The molecule has 34 heavy (non-hydrogen) atoms. The summed E-state index contributed by atoms with van der Waals surface area (Å²) in [6, 6.07) is 37.7. The Morgan fingerprint density at radius 1 is 0.441 bits per heavy atom. The molecular weight excluding hydrogens is 424 g/mol. The molecule has 0 radical (unpaired) electrons. The number of carbonyl (C=O) groups is 2. The van der Waals surface area contributed by atoms with Gasteiger partial charge in [0.05, 0.1) is 0 Å². The molecule has 4 aromatic carbocycles. The zero-order valence-corrected chi connectivity index (χ0v) is 19.2. The van der Waals surface area contributed by atoms with Gasteiger partial charge in [-0.1, -0.05) is 121 Å². The van der Waals surface area contributed by atoms with E-state index in [0.29, 0.717) is 22.3 Å². The molecule has 0 amide bonds. The van der Waals surface area contributed by atoms with E-state index in [1.165, 1.54) is 13.8 Å². The van der Waals surface area contributed by atoms with Gasteiger partial charge >= 0.3 is 11.9 Å².